The van der Waals surface area contributed by atoms with Crippen molar-refractivity contribution in [2.24, 2.45) is 0 Å². The molecule has 2 aliphatic rings. The summed E-state index contributed by atoms with van der Waals surface area (Å²) in [5.41, 5.74) is 13.1. The predicted molar refractivity (Wildman–Crippen MR) is 204 cm³/mol. The average Bonchev–Trinajstić information content (AvgIpc) is 3.46. The maximum Gasteiger partial charge on any atom is 0.170 e. The van der Waals surface area contributed by atoms with Gasteiger partial charge in [0.25, 0.3) is 0 Å². The van der Waals surface area contributed by atoms with Crippen molar-refractivity contribution in [2.45, 2.75) is 6.42 Å². The number of benzene rings is 8. The normalized spacial score (nSPS) is 12.2. The van der Waals surface area contributed by atoms with Gasteiger partial charge in [0.15, 0.2) is 11.5 Å². The molecule has 1 aliphatic heterocycles. The number of para-hydroxylation sites is 1. The Hall–Kier alpha value is -6.58. The molecule has 10 rings (SSSR count). The van der Waals surface area contributed by atoms with E-state index < -0.39 is 0 Å². The van der Waals surface area contributed by atoms with E-state index in [2.05, 4.69) is 150 Å². The average molecular weight is 642 g/mol. The maximum absolute atomic E-state index is 6.61. The molecule has 0 amide bonds. The lowest BCUT2D eigenvalue weighted by Gasteiger charge is -2.28. The fourth-order valence-corrected chi connectivity index (χ4v) is 7.54. The van der Waals surface area contributed by atoms with Gasteiger partial charge in [0.2, 0.25) is 0 Å². The molecule has 50 heavy (non-hydrogen) atoms. The first-order chi connectivity index (χ1) is 24.8. The van der Waals surface area contributed by atoms with Crippen molar-refractivity contribution in [2.75, 3.05) is 4.90 Å². The third-order valence-electron chi connectivity index (χ3n) is 9.94. The van der Waals surface area contributed by atoms with Crippen LogP contribution in [0.4, 0.5) is 17.1 Å². The quantitative estimate of drug-likeness (QED) is 0.187. The number of nitrogens with zero attached hydrogens (tertiary/aromatic N) is 1. The lowest BCUT2D eigenvalue weighted by Crippen LogP contribution is -2.11. The molecule has 8 aromatic rings. The molecule has 1 aliphatic carbocycles. The van der Waals surface area contributed by atoms with E-state index in [0.717, 1.165) is 56.9 Å². The number of anilines is 3. The van der Waals surface area contributed by atoms with Gasteiger partial charge in [0.05, 0.1) is 11.1 Å². The fourth-order valence-electron chi connectivity index (χ4n) is 7.54. The van der Waals surface area contributed by atoms with E-state index >= 15 is 0 Å². The highest BCUT2D eigenvalue weighted by Gasteiger charge is 2.24. The van der Waals surface area contributed by atoms with Crippen LogP contribution in [0.2, 0.25) is 0 Å². The number of fused-ring (bicyclic) bond motifs is 4. The highest BCUT2D eigenvalue weighted by Crippen LogP contribution is 2.49. The molecule has 3 heteroatoms. The zero-order valence-electron chi connectivity index (χ0n) is 27.2. The molecule has 236 valence electrons. The van der Waals surface area contributed by atoms with Gasteiger partial charge in [-0.25, -0.2) is 0 Å². The summed E-state index contributed by atoms with van der Waals surface area (Å²) in [6, 6.07) is 62.2. The summed E-state index contributed by atoms with van der Waals surface area (Å²) in [4.78, 5) is 2.38. The Kier molecular flexibility index (Phi) is 6.56. The van der Waals surface area contributed by atoms with Crippen molar-refractivity contribution < 1.29 is 9.47 Å². The van der Waals surface area contributed by atoms with E-state index in [1.54, 1.807) is 0 Å². The van der Waals surface area contributed by atoms with Gasteiger partial charge < -0.3 is 14.4 Å². The van der Waals surface area contributed by atoms with Crippen molar-refractivity contribution in [1.29, 1.82) is 0 Å². The molecular formula is C47H31NO2. The van der Waals surface area contributed by atoms with Crippen LogP contribution in [0, 0.1) is 0 Å². The third kappa shape index (κ3) is 4.75. The second-order valence-corrected chi connectivity index (χ2v) is 12.9. The van der Waals surface area contributed by atoms with E-state index in [-0.39, 0.29) is 0 Å². The molecule has 0 radical (unpaired) electrons. The Bertz CT molecular complexity index is 2570. The van der Waals surface area contributed by atoms with E-state index in [9.17, 15) is 0 Å². The number of hydrogen-bond donors (Lipinski definition) is 0. The first-order valence-electron chi connectivity index (χ1n) is 17.0. The Balaban J connectivity index is 1.12. The molecule has 0 spiro atoms. The standard InChI is InChI=1S/C47H31NO2/c1-2-10-31(11-3-1)32-20-24-37(25-21-32)48(38-26-22-35-28-34-12-4-5-15-39(34)41(35)30-38)42-17-7-6-16-40(42)36-23-27-43-46(29-36)50-45-19-9-14-33-13-8-18-44(49-43)47(33)45/h1-27,29-30H,28H2. The highest BCUT2D eigenvalue weighted by atomic mass is 16.5. The van der Waals surface area contributed by atoms with Gasteiger partial charge in [-0.3, -0.25) is 0 Å². The molecule has 0 atom stereocenters. The molecule has 0 saturated carbocycles. The van der Waals surface area contributed by atoms with E-state index in [4.69, 9.17) is 9.47 Å². The third-order valence-corrected chi connectivity index (χ3v) is 9.94. The van der Waals surface area contributed by atoms with Crippen LogP contribution in [0.25, 0.3) is 44.2 Å². The van der Waals surface area contributed by atoms with Crippen molar-refractivity contribution in [3.8, 4) is 56.4 Å². The molecule has 0 fully saturated rings. The SMILES string of the molecule is c1ccc(-c2ccc(N(c3ccc4c(c3)-c3ccccc3C4)c3ccccc3-c3ccc4c(c3)Oc3cccc5cccc(c35)O4)cc2)cc1. The molecular weight excluding hydrogens is 611 g/mol. The summed E-state index contributed by atoms with van der Waals surface area (Å²) in [6.07, 6.45) is 0.961. The number of hydrogen-bond acceptors (Lipinski definition) is 3. The van der Waals surface area contributed by atoms with Gasteiger partial charge >= 0.3 is 0 Å². The van der Waals surface area contributed by atoms with Gasteiger partial charge in [-0.1, -0.05) is 121 Å². The molecule has 0 bridgehead atoms. The van der Waals surface area contributed by atoms with Crippen molar-refractivity contribution >= 4 is 27.8 Å². The van der Waals surface area contributed by atoms with Crippen LogP contribution in [0.1, 0.15) is 11.1 Å². The minimum absolute atomic E-state index is 0.689. The minimum atomic E-state index is 0.689. The summed E-state index contributed by atoms with van der Waals surface area (Å²) in [5.74, 6) is 2.98. The summed E-state index contributed by atoms with van der Waals surface area (Å²) in [5, 5.41) is 2.07. The van der Waals surface area contributed by atoms with Crippen LogP contribution in [-0.4, -0.2) is 0 Å². The van der Waals surface area contributed by atoms with Crippen LogP contribution in [0.15, 0.2) is 176 Å². The molecule has 0 aromatic heterocycles. The van der Waals surface area contributed by atoms with Crippen molar-refractivity contribution in [3.05, 3.63) is 187 Å². The van der Waals surface area contributed by atoms with Gasteiger partial charge in [-0.2, -0.15) is 0 Å². The zero-order valence-corrected chi connectivity index (χ0v) is 27.2. The van der Waals surface area contributed by atoms with Crippen molar-refractivity contribution in [3.63, 3.8) is 0 Å². The van der Waals surface area contributed by atoms with Crippen LogP contribution < -0.4 is 14.4 Å². The first kappa shape index (κ1) is 28.4. The molecule has 0 unspecified atom stereocenters. The second kappa shape index (κ2) is 11.5. The first-order valence-corrected chi connectivity index (χ1v) is 17.0. The predicted octanol–water partition coefficient (Wildman–Crippen LogP) is 13.1. The summed E-state index contributed by atoms with van der Waals surface area (Å²) in [6.45, 7) is 0. The molecule has 3 nitrogen and oxygen atoms in total. The Morgan fingerprint density at radius 2 is 1.02 bits per heavy atom. The largest absolute Gasteiger partial charge is 0.453 e. The maximum atomic E-state index is 6.61. The van der Waals surface area contributed by atoms with E-state index in [1.165, 1.54) is 33.4 Å². The van der Waals surface area contributed by atoms with Gasteiger partial charge in [-0.05, 0) is 105 Å². The summed E-state index contributed by atoms with van der Waals surface area (Å²) in [7, 11) is 0. The molecule has 0 saturated heterocycles. The van der Waals surface area contributed by atoms with Gasteiger partial charge in [0.1, 0.15) is 11.5 Å². The monoisotopic (exact) mass is 641 g/mol. The highest BCUT2D eigenvalue weighted by molar-refractivity contribution is 5.95. The summed E-state index contributed by atoms with van der Waals surface area (Å²) >= 11 is 0. The lowest BCUT2D eigenvalue weighted by atomic mass is 9.99. The summed E-state index contributed by atoms with van der Waals surface area (Å²) < 4.78 is 13.1. The van der Waals surface area contributed by atoms with Crippen LogP contribution >= 0.6 is 0 Å². The van der Waals surface area contributed by atoms with Crippen LogP contribution in [0.5, 0.6) is 23.0 Å². The molecule has 8 aromatic carbocycles. The fraction of sp³-hybridized carbons (Fsp3) is 0.0213. The van der Waals surface area contributed by atoms with E-state index in [1.807, 2.05) is 30.3 Å². The van der Waals surface area contributed by atoms with Crippen molar-refractivity contribution in [1.82, 2.24) is 0 Å². The van der Waals surface area contributed by atoms with Gasteiger partial charge in [-0.15, -0.1) is 0 Å². The number of ether oxygens (including phenoxy) is 2. The Morgan fingerprint density at radius 1 is 0.380 bits per heavy atom. The second-order valence-electron chi connectivity index (χ2n) is 12.9. The lowest BCUT2D eigenvalue weighted by molar-refractivity contribution is 0.439. The molecule has 0 N–H and O–H groups in total. The number of rotatable bonds is 5. The Labute approximate surface area is 291 Å². The molecule has 1 heterocycles. The van der Waals surface area contributed by atoms with E-state index in [0.29, 0.717) is 11.5 Å². The van der Waals surface area contributed by atoms with Crippen LogP contribution in [-0.2, 0) is 6.42 Å². The van der Waals surface area contributed by atoms with Gasteiger partial charge in [0, 0.05) is 16.9 Å². The smallest absolute Gasteiger partial charge is 0.170 e. The Morgan fingerprint density at radius 3 is 1.84 bits per heavy atom. The topological polar surface area (TPSA) is 21.7 Å². The minimum Gasteiger partial charge on any atom is -0.453 e. The zero-order chi connectivity index (χ0) is 33.0. The van der Waals surface area contributed by atoms with Crippen LogP contribution in [0.3, 0.4) is 0 Å².